The molecule has 4 nitrogen and oxygen atoms in total. The highest BCUT2D eigenvalue weighted by Crippen LogP contribution is 2.32. The summed E-state index contributed by atoms with van der Waals surface area (Å²) in [5.41, 5.74) is 4.00. The van der Waals surface area contributed by atoms with Crippen molar-refractivity contribution in [3.05, 3.63) is 59.3 Å². The first-order chi connectivity index (χ1) is 10.5. The van der Waals surface area contributed by atoms with Gasteiger partial charge in [-0.2, -0.15) is 0 Å². The number of aromatic nitrogens is 1. The van der Waals surface area contributed by atoms with E-state index in [-0.39, 0.29) is 0 Å². The first-order valence-corrected chi connectivity index (χ1v) is 7.02. The van der Waals surface area contributed by atoms with Gasteiger partial charge in [0, 0.05) is 16.8 Å². The standard InChI is InChI=1S/C18H17NO3/c1-11-4-6-13(7-5-11)19-12(2)17(18(20)21)15-10-14(22-3)8-9-16(15)19/h4-10H,1-3H3,(H,20,21). The summed E-state index contributed by atoms with van der Waals surface area (Å²) in [4.78, 5) is 11.7. The first-order valence-electron chi connectivity index (χ1n) is 7.02. The van der Waals surface area contributed by atoms with Gasteiger partial charge in [0.2, 0.25) is 0 Å². The average Bonchev–Trinajstić information content (AvgIpc) is 2.79. The summed E-state index contributed by atoms with van der Waals surface area (Å²) < 4.78 is 7.20. The van der Waals surface area contributed by atoms with Crippen molar-refractivity contribution in [3.63, 3.8) is 0 Å². The van der Waals surface area contributed by atoms with Crippen molar-refractivity contribution in [2.24, 2.45) is 0 Å². The molecule has 0 aliphatic carbocycles. The molecule has 3 rings (SSSR count). The summed E-state index contributed by atoms with van der Waals surface area (Å²) >= 11 is 0. The molecule has 1 heterocycles. The zero-order valence-electron chi connectivity index (χ0n) is 12.8. The van der Waals surface area contributed by atoms with Gasteiger partial charge >= 0.3 is 5.97 Å². The fourth-order valence-electron chi connectivity index (χ4n) is 2.82. The van der Waals surface area contributed by atoms with E-state index in [4.69, 9.17) is 4.74 Å². The Labute approximate surface area is 128 Å². The fraction of sp³-hybridized carbons (Fsp3) is 0.167. The SMILES string of the molecule is COc1ccc2c(c1)c(C(=O)O)c(C)n2-c1ccc(C)cc1. The highest BCUT2D eigenvalue weighted by atomic mass is 16.5. The van der Waals surface area contributed by atoms with Gasteiger partial charge in [-0.25, -0.2) is 4.79 Å². The van der Waals surface area contributed by atoms with E-state index in [1.54, 1.807) is 13.2 Å². The number of hydrogen-bond acceptors (Lipinski definition) is 2. The fourth-order valence-corrected chi connectivity index (χ4v) is 2.82. The van der Waals surface area contributed by atoms with Crippen LogP contribution in [0.1, 0.15) is 21.6 Å². The highest BCUT2D eigenvalue weighted by Gasteiger charge is 2.20. The van der Waals surface area contributed by atoms with Crippen LogP contribution in [0.25, 0.3) is 16.6 Å². The molecule has 0 amide bonds. The van der Waals surface area contributed by atoms with Crippen molar-refractivity contribution in [1.82, 2.24) is 4.57 Å². The molecule has 1 N–H and O–H groups in total. The second-order valence-corrected chi connectivity index (χ2v) is 5.32. The summed E-state index contributed by atoms with van der Waals surface area (Å²) in [6, 6.07) is 13.5. The largest absolute Gasteiger partial charge is 0.497 e. The number of carbonyl (C=O) groups is 1. The molecule has 2 aromatic carbocycles. The molecule has 0 saturated heterocycles. The van der Waals surface area contributed by atoms with Crippen LogP contribution in [-0.4, -0.2) is 22.8 Å². The van der Waals surface area contributed by atoms with Gasteiger partial charge < -0.3 is 14.4 Å². The Balaban J connectivity index is 2.37. The average molecular weight is 295 g/mol. The first kappa shape index (κ1) is 14.2. The summed E-state index contributed by atoms with van der Waals surface area (Å²) in [5.74, 6) is -0.280. The molecule has 0 atom stereocenters. The lowest BCUT2D eigenvalue weighted by Gasteiger charge is -2.09. The lowest BCUT2D eigenvalue weighted by Crippen LogP contribution is -2.01. The zero-order valence-corrected chi connectivity index (χ0v) is 12.8. The number of fused-ring (bicyclic) bond motifs is 1. The van der Waals surface area contributed by atoms with E-state index in [0.717, 1.165) is 16.8 Å². The van der Waals surface area contributed by atoms with Crippen molar-refractivity contribution >= 4 is 16.9 Å². The van der Waals surface area contributed by atoms with Crippen LogP contribution in [-0.2, 0) is 0 Å². The van der Waals surface area contributed by atoms with Gasteiger partial charge in [-0.15, -0.1) is 0 Å². The Hall–Kier alpha value is -2.75. The Bertz CT molecular complexity index is 860. The minimum absolute atomic E-state index is 0.314. The zero-order chi connectivity index (χ0) is 15.9. The number of carboxylic acid groups (broad SMARTS) is 1. The minimum atomic E-state index is -0.929. The van der Waals surface area contributed by atoms with E-state index in [9.17, 15) is 9.90 Å². The van der Waals surface area contributed by atoms with Gasteiger partial charge in [0.25, 0.3) is 0 Å². The summed E-state index contributed by atoms with van der Waals surface area (Å²) in [6.07, 6.45) is 0. The number of aryl methyl sites for hydroxylation is 1. The maximum atomic E-state index is 11.7. The normalized spacial score (nSPS) is 10.9. The number of rotatable bonds is 3. The topological polar surface area (TPSA) is 51.5 Å². The van der Waals surface area contributed by atoms with E-state index in [1.807, 2.05) is 54.8 Å². The van der Waals surface area contributed by atoms with Crippen LogP contribution in [0, 0.1) is 13.8 Å². The van der Waals surface area contributed by atoms with Crippen LogP contribution < -0.4 is 4.74 Å². The molecule has 0 unspecified atom stereocenters. The minimum Gasteiger partial charge on any atom is -0.497 e. The number of carboxylic acids is 1. The quantitative estimate of drug-likeness (QED) is 0.796. The van der Waals surface area contributed by atoms with Crippen molar-refractivity contribution in [2.75, 3.05) is 7.11 Å². The van der Waals surface area contributed by atoms with E-state index < -0.39 is 5.97 Å². The third kappa shape index (κ3) is 2.13. The van der Waals surface area contributed by atoms with E-state index in [0.29, 0.717) is 22.4 Å². The highest BCUT2D eigenvalue weighted by molar-refractivity contribution is 6.06. The van der Waals surface area contributed by atoms with E-state index >= 15 is 0 Å². The van der Waals surface area contributed by atoms with Crippen LogP contribution in [0.3, 0.4) is 0 Å². The summed E-state index contributed by atoms with van der Waals surface area (Å²) in [5, 5.41) is 10.3. The number of methoxy groups -OCH3 is 1. The summed E-state index contributed by atoms with van der Waals surface area (Å²) in [6.45, 7) is 3.85. The van der Waals surface area contributed by atoms with Crippen LogP contribution in [0.4, 0.5) is 0 Å². The smallest absolute Gasteiger partial charge is 0.338 e. The lowest BCUT2D eigenvalue weighted by molar-refractivity contribution is 0.0698. The Morgan fingerprint density at radius 2 is 1.77 bits per heavy atom. The third-order valence-electron chi connectivity index (χ3n) is 3.92. The van der Waals surface area contributed by atoms with Gasteiger partial charge in [0.05, 0.1) is 18.2 Å². The molecule has 0 fully saturated rings. The number of hydrogen-bond donors (Lipinski definition) is 1. The molecule has 112 valence electrons. The molecule has 4 heteroatoms. The monoisotopic (exact) mass is 295 g/mol. The van der Waals surface area contributed by atoms with Crippen LogP contribution in [0.5, 0.6) is 5.75 Å². The van der Waals surface area contributed by atoms with Gasteiger partial charge in [-0.05, 0) is 44.2 Å². The molecular formula is C18H17NO3. The van der Waals surface area contributed by atoms with Crippen molar-refractivity contribution < 1.29 is 14.6 Å². The van der Waals surface area contributed by atoms with Crippen LogP contribution >= 0.6 is 0 Å². The van der Waals surface area contributed by atoms with Gasteiger partial charge in [0.15, 0.2) is 0 Å². The molecule has 0 saturated carbocycles. The molecule has 0 radical (unpaired) electrons. The third-order valence-corrected chi connectivity index (χ3v) is 3.92. The van der Waals surface area contributed by atoms with Crippen molar-refractivity contribution in [1.29, 1.82) is 0 Å². The second kappa shape index (κ2) is 5.22. The molecule has 0 spiro atoms. The lowest BCUT2D eigenvalue weighted by atomic mass is 10.1. The molecule has 0 aliphatic rings. The van der Waals surface area contributed by atoms with Gasteiger partial charge in [0.1, 0.15) is 5.75 Å². The van der Waals surface area contributed by atoms with E-state index in [2.05, 4.69) is 0 Å². The Morgan fingerprint density at radius 1 is 1.09 bits per heavy atom. The molecule has 3 aromatic rings. The Morgan fingerprint density at radius 3 is 2.36 bits per heavy atom. The number of aromatic carboxylic acids is 1. The Kier molecular flexibility index (Phi) is 3.37. The molecule has 0 bridgehead atoms. The van der Waals surface area contributed by atoms with E-state index in [1.165, 1.54) is 0 Å². The number of benzene rings is 2. The maximum Gasteiger partial charge on any atom is 0.338 e. The van der Waals surface area contributed by atoms with Crippen LogP contribution in [0.15, 0.2) is 42.5 Å². The number of nitrogens with zero attached hydrogens (tertiary/aromatic N) is 1. The van der Waals surface area contributed by atoms with Crippen molar-refractivity contribution in [3.8, 4) is 11.4 Å². The molecule has 22 heavy (non-hydrogen) atoms. The maximum absolute atomic E-state index is 11.7. The molecule has 0 aliphatic heterocycles. The molecule has 1 aromatic heterocycles. The molecular weight excluding hydrogens is 278 g/mol. The van der Waals surface area contributed by atoms with Gasteiger partial charge in [-0.3, -0.25) is 0 Å². The van der Waals surface area contributed by atoms with Crippen molar-refractivity contribution in [2.45, 2.75) is 13.8 Å². The van der Waals surface area contributed by atoms with Gasteiger partial charge in [-0.1, -0.05) is 17.7 Å². The number of ether oxygens (including phenoxy) is 1. The predicted molar refractivity (Wildman–Crippen MR) is 86.3 cm³/mol. The second-order valence-electron chi connectivity index (χ2n) is 5.32. The van der Waals surface area contributed by atoms with Crippen LogP contribution in [0.2, 0.25) is 0 Å². The predicted octanol–water partition coefficient (Wildman–Crippen LogP) is 3.95. The summed E-state index contributed by atoms with van der Waals surface area (Å²) in [7, 11) is 1.57.